The molecular weight excluding hydrogens is 352 g/mol. The monoisotopic (exact) mass is 376 g/mol. The minimum absolute atomic E-state index is 0.0168. The fourth-order valence-corrected chi connectivity index (χ4v) is 2.73. The molecule has 0 spiro atoms. The van der Waals surface area contributed by atoms with Crippen molar-refractivity contribution in [1.29, 1.82) is 0 Å². The predicted octanol–water partition coefficient (Wildman–Crippen LogP) is 4.54. The Morgan fingerprint density at radius 1 is 1.04 bits per heavy atom. The molecule has 0 bridgehead atoms. The molecule has 0 aliphatic rings. The number of nitrogens with one attached hydrogen (secondary N) is 2. The fourth-order valence-electron chi connectivity index (χ4n) is 2.73. The van der Waals surface area contributed by atoms with Crippen LogP contribution in [-0.2, 0) is 4.74 Å². The summed E-state index contributed by atoms with van der Waals surface area (Å²) in [5.74, 6) is 1.22. The Morgan fingerprint density at radius 3 is 2.61 bits per heavy atom. The second-order valence-electron chi connectivity index (χ2n) is 6.36. The third-order valence-corrected chi connectivity index (χ3v) is 4.15. The summed E-state index contributed by atoms with van der Waals surface area (Å²) < 4.78 is 5.09. The normalized spacial score (nSPS) is 10.5. The molecule has 0 aliphatic carbocycles. The van der Waals surface area contributed by atoms with Crippen molar-refractivity contribution < 1.29 is 9.53 Å². The topological polar surface area (TPSA) is 76.1 Å². The van der Waals surface area contributed by atoms with E-state index in [4.69, 9.17) is 4.74 Å². The molecule has 6 heteroatoms. The third-order valence-electron chi connectivity index (χ3n) is 4.15. The number of aromatic nitrogens is 2. The van der Waals surface area contributed by atoms with Gasteiger partial charge < -0.3 is 15.4 Å². The minimum Gasteiger partial charge on any atom is -0.385 e. The van der Waals surface area contributed by atoms with Crippen LogP contribution in [0, 0.1) is 0 Å². The number of ketones is 1. The van der Waals surface area contributed by atoms with Crippen molar-refractivity contribution in [3.63, 3.8) is 0 Å². The van der Waals surface area contributed by atoms with Crippen LogP contribution in [-0.4, -0.2) is 36.0 Å². The number of hydrogen-bond acceptors (Lipinski definition) is 6. The summed E-state index contributed by atoms with van der Waals surface area (Å²) in [5, 5.41) is 6.53. The lowest BCUT2D eigenvalue weighted by molar-refractivity contribution is 0.101. The molecule has 1 heterocycles. The van der Waals surface area contributed by atoms with E-state index >= 15 is 0 Å². The molecule has 0 amide bonds. The van der Waals surface area contributed by atoms with Gasteiger partial charge in [-0.25, -0.2) is 4.98 Å². The van der Waals surface area contributed by atoms with E-state index < -0.39 is 0 Å². The van der Waals surface area contributed by atoms with Gasteiger partial charge in [-0.05, 0) is 25.5 Å². The van der Waals surface area contributed by atoms with Gasteiger partial charge in [-0.3, -0.25) is 4.79 Å². The summed E-state index contributed by atoms with van der Waals surface area (Å²) in [6.07, 6.45) is 0.880. The molecular formula is C22H24N4O2. The summed E-state index contributed by atoms with van der Waals surface area (Å²) in [5.41, 5.74) is 3.23. The van der Waals surface area contributed by atoms with E-state index in [2.05, 4.69) is 20.6 Å². The number of methoxy groups -OCH3 is 1. The number of anilines is 3. The smallest absolute Gasteiger partial charge is 0.229 e. The highest BCUT2D eigenvalue weighted by Gasteiger charge is 2.08. The van der Waals surface area contributed by atoms with E-state index in [1.807, 2.05) is 48.5 Å². The van der Waals surface area contributed by atoms with Crippen LogP contribution in [0.1, 0.15) is 23.7 Å². The van der Waals surface area contributed by atoms with Crippen molar-refractivity contribution in [3.05, 3.63) is 66.2 Å². The van der Waals surface area contributed by atoms with Crippen molar-refractivity contribution in [2.24, 2.45) is 0 Å². The Kier molecular flexibility index (Phi) is 6.70. The van der Waals surface area contributed by atoms with Crippen LogP contribution in [0.3, 0.4) is 0 Å². The molecule has 0 radical (unpaired) electrons. The van der Waals surface area contributed by atoms with Gasteiger partial charge in [0.05, 0.1) is 5.69 Å². The molecule has 0 saturated carbocycles. The Bertz CT molecular complexity index is 929. The van der Waals surface area contributed by atoms with Gasteiger partial charge in [0.2, 0.25) is 5.95 Å². The van der Waals surface area contributed by atoms with Gasteiger partial charge in [0, 0.05) is 43.1 Å². The van der Waals surface area contributed by atoms with Gasteiger partial charge in [-0.15, -0.1) is 0 Å². The average Bonchev–Trinajstić information content (AvgIpc) is 2.72. The highest BCUT2D eigenvalue weighted by molar-refractivity contribution is 5.95. The van der Waals surface area contributed by atoms with Crippen LogP contribution in [0.4, 0.5) is 17.5 Å². The van der Waals surface area contributed by atoms with Gasteiger partial charge in [0.1, 0.15) is 5.82 Å². The maximum Gasteiger partial charge on any atom is 0.229 e. The lowest BCUT2D eigenvalue weighted by atomic mass is 10.1. The molecule has 0 aliphatic heterocycles. The number of nitrogens with zero attached hydrogens (tertiary/aromatic N) is 2. The molecule has 144 valence electrons. The van der Waals surface area contributed by atoms with E-state index in [1.165, 1.54) is 0 Å². The van der Waals surface area contributed by atoms with Gasteiger partial charge in [0.25, 0.3) is 0 Å². The van der Waals surface area contributed by atoms with Gasteiger partial charge in [-0.2, -0.15) is 4.98 Å². The molecule has 3 aromatic rings. The van der Waals surface area contributed by atoms with E-state index in [0.29, 0.717) is 18.1 Å². The van der Waals surface area contributed by atoms with E-state index in [-0.39, 0.29) is 5.78 Å². The molecule has 0 fully saturated rings. The molecule has 0 unspecified atom stereocenters. The number of benzene rings is 2. The fraction of sp³-hybridized carbons (Fsp3) is 0.227. The quantitative estimate of drug-likeness (QED) is 0.422. The van der Waals surface area contributed by atoms with Crippen LogP contribution in [0.2, 0.25) is 0 Å². The summed E-state index contributed by atoms with van der Waals surface area (Å²) in [7, 11) is 1.69. The zero-order chi connectivity index (χ0) is 19.8. The SMILES string of the molecule is COCCCNc1cc(-c2ccccc2)nc(Nc2cccc(C(C)=O)c2)n1. The average molecular weight is 376 g/mol. The van der Waals surface area contributed by atoms with Crippen LogP contribution in [0.15, 0.2) is 60.7 Å². The molecule has 6 nitrogen and oxygen atoms in total. The maximum atomic E-state index is 11.6. The highest BCUT2D eigenvalue weighted by Crippen LogP contribution is 2.23. The predicted molar refractivity (Wildman–Crippen MR) is 112 cm³/mol. The second-order valence-corrected chi connectivity index (χ2v) is 6.36. The maximum absolute atomic E-state index is 11.6. The van der Waals surface area contributed by atoms with Crippen LogP contribution in [0.5, 0.6) is 0 Å². The van der Waals surface area contributed by atoms with Crippen molar-refractivity contribution in [2.45, 2.75) is 13.3 Å². The Hall–Kier alpha value is -3.25. The second kappa shape index (κ2) is 9.62. The standard InChI is InChI=1S/C22H24N4O2/c1-16(27)18-10-6-11-19(14-18)24-22-25-20(17-8-4-3-5-9-17)15-21(26-22)23-12-7-13-28-2/h3-6,8-11,14-15H,7,12-13H2,1-2H3,(H2,23,24,25,26). The number of rotatable bonds is 9. The Balaban J connectivity index is 1.88. The zero-order valence-electron chi connectivity index (χ0n) is 16.1. The number of carbonyl (C=O) groups is 1. The summed E-state index contributed by atoms with van der Waals surface area (Å²) >= 11 is 0. The minimum atomic E-state index is 0.0168. The molecule has 3 rings (SSSR count). The summed E-state index contributed by atoms with van der Waals surface area (Å²) in [4.78, 5) is 20.8. The number of carbonyl (C=O) groups excluding carboxylic acids is 1. The molecule has 28 heavy (non-hydrogen) atoms. The first kappa shape index (κ1) is 19.5. The highest BCUT2D eigenvalue weighted by atomic mass is 16.5. The molecule has 0 saturated heterocycles. The van der Waals surface area contributed by atoms with Gasteiger partial charge in [-0.1, -0.05) is 42.5 Å². The molecule has 1 aromatic heterocycles. The molecule has 2 aromatic carbocycles. The molecule has 0 atom stereocenters. The van der Waals surface area contributed by atoms with Crippen LogP contribution < -0.4 is 10.6 Å². The molecule has 2 N–H and O–H groups in total. The van der Waals surface area contributed by atoms with E-state index in [0.717, 1.165) is 35.7 Å². The van der Waals surface area contributed by atoms with Crippen molar-refractivity contribution in [2.75, 3.05) is 30.9 Å². The first-order valence-electron chi connectivity index (χ1n) is 9.21. The summed E-state index contributed by atoms with van der Waals surface area (Å²) in [6.45, 7) is 2.98. The van der Waals surface area contributed by atoms with Crippen LogP contribution in [0.25, 0.3) is 11.3 Å². The Morgan fingerprint density at radius 2 is 1.86 bits per heavy atom. The number of Topliss-reactive ketones (excluding diaryl/α,β-unsaturated/α-hetero) is 1. The van der Waals surface area contributed by atoms with Crippen molar-refractivity contribution >= 4 is 23.2 Å². The number of hydrogen-bond donors (Lipinski definition) is 2. The largest absolute Gasteiger partial charge is 0.385 e. The third kappa shape index (κ3) is 5.37. The lowest BCUT2D eigenvalue weighted by Crippen LogP contribution is -2.08. The van der Waals surface area contributed by atoms with Gasteiger partial charge >= 0.3 is 0 Å². The Labute approximate surface area is 165 Å². The first-order valence-corrected chi connectivity index (χ1v) is 9.21. The number of ether oxygens (including phenoxy) is 1. The van der Waals surface area contributed by atoms with Crippen molar-refractivity contribution in [3.8, 4) is 11.3 Å². The zero-order valence-corrected chi connectivity index (χ0v) is 16.1. The van der Waals surface area contributed by atoms with E-state index in [1.54, 1.807) is 26.2 Å². The van der Waals surface area contributed by atoms with Gasteiger partial charge in [0.15, 0.2) is 5.78 Å². The summed E-state index contributed by atoms with van der Waals surface area (Å²) in [6, 6.07) is 19.2. The first-order chi connectivity index (χ1) is 13.7. The lowest BCUT2D eigenvalue weighted by Gasteiger charge is -2.12. The van der Waals surface area contributed by atoms with E-state index in [9.17, 15) is 4.79 Å². The van der Waals surface area contributed by atoms with Crippen molar-refractivity contribution in [1.82, 2.24) is 9.97 Å². The van der Waals surface area contributed by atoms with Crippen LogP contribution >= 0.6 is 0 Å².